The van der Waals surface area contributed by atoms with Gasteiger partial charge >= 0.3 is 0 Å². The third kappa shape index (κ3) is 3.60. The van der Waals surface area contributed by atoms with Crippen LogP contribution in [0.1, 0.15) is 36.5 Å². The zero-order valence-electron chi connectivity index (χ0n) is 14.3. The van der Waals surface area contributed by atoms with Crippen molar-refractivity contribution in [1.82, 2.24) is 5.32 Å². The van der Waals surface area contributed by atoms with Gasteiger partial charge in [-0.05, 0) is 47.4 Å². The second kappa shape index (κ2) is 6.89. The van der Waals surface area contributed by atoms with Crippen molar-refractivity contribution in [2.75, 3.05) is 7.11 Å². The molecular formula is C20H19FN2O2. The van der Waals surface area contributed by atoms with Gasteiger partial charge in [-0.2, -0.15) is 0 Å². The molecule has 1 N–H and O–H groups in total. The van der Waals surface area contributed by atoms with Crippen molar-refractivity contribution >= 4 is 17.8 Å². The lowest BCUT2D eigenvalue weighted by Gasteiger charge is -2.12. The van der Waals surface area contributed by atoms with Crippen molar-refractivity contribution < 1.29 is 13.9 Å². The van der Waals surface area contributed by atoms with Crippen LogP contribution in [0.25, 0.3) is 6.08 Å². The van der Waals surface area contributed by atoms with Crippen molar-refractivity contribution in [1.29, 1.82) is 0 Å². The lowest BCUT2D eigenvalue weighted by molar-refractivity contribution is -0.115. The summed E-state index contributed by atoms with van der Waals surface area (Å²) in [6, 6.07) is 11.7. The summed E-state index contributed by atoms with van der Waals surface area (Å²) in [6.07, 6.45) is 1.72. The smallest absolute Gasteiger partial charge is 0.275 e. The molecule has 0 saturated heterocycles. The van der Waals surface area contributed by atoms with E-state index in [9.17, 15) is 9.18 Å². The van der Waals surface area contributed by atoms with E-state index in [0.717, 1.165) is 16.9 Å². The van der Waals surface area contributed by atoms with E-state index in [1.54, 1.807) is 25.3 Å². The molecule has 0 aliphatic carbocycles. The van der Waals surface area contributed by atoms with E-state index in [4.69, 9.17) is 4.74 Å². The van der Waals surface area contributed by atoms with E-state index in [1.807, 2.05) is 18.2 Å². The fourth-order valence-corrected chi connectivity index (χ4v) is 2.69. The Balaban J connectivity index is 1.96. The van der Waals surface area contributed by atoms with Crippen LogP contribution < -0.4 is 10.1 Å². The number of aliphatic imine (C=N–C) groups is 1. The normalized spacial score (nSPS) is 15.5. The van der Waals surface area contributed by atoms with Gasteiger partial charge in [0.05, 0.1) is 7.11 Å². The summed E-state index contributed by atoms with van der Waals surface area (Å²) < 4.78 is 18.7. The molecule has 0 spiro atoms. The van der Waals surface area contributed by atoms with E-state index in [2.05, 4.69) is 24.2 Å². The van der Waals surface area contributed by atoms with E-state index >= 15 is 0 Å². The number of nitrogens with zero attached hydrogens (tertiary/aromatic N) is 1. The first-order chi connectivity index (χ1) is 12.0. The van der Waals surface area contributed by atoms with Crippen LogP contribution in [0.3, 0.4) is 0 Å². The van der Waals surface area contributed by atoms with Gasteiger partial charge in [0.2, 0.25) is 0 Å². The van der Waals surface area contributed by atoms with Crippen LogP contribution in [0.2, 0.25) is 0 Å². The minimum Gasteiger partial charge on any atom is -0.496 e. The molecule has 0 bridgehead atoms. The Bertz CT molecular complexity index is 885. The monoisotopic (exact) mass is 338 g/mol. The highest BCUT2D eigenvalue weighted by atomic mass is 19.1. The van der Waals surface area contributed by atoms with Crippen LogP contribution in [0, 0.1) is 5.82 Å². The quantitative estimate of drug-likeness (QED) is 0.860. The number of methoxy groups -OCH3 is 1. The molecule has 1 aliphatic rings. The Kier molecular flexibility index (Phi) is 4.65. The first-order valence-corrected chi connectivity index (χ1v) is 8.03. The topological polar surface area (TPSA) is 50.7 Å². The predicted molar refractivity (Wildman–Crippen MR) is 96.1 cm³/mol. The summed E-state index contributed by atoms with van der Waals surface area (Å²) in [6.45, 7) is 4.16. The summed E-state index contributed by atoms with van der Waals surface area (Å²) in [5.41, 5.74) is 2.75. The number of hydrogen-bond donors (Lipinski definition) is 1. The van der Waals surface area contributed by atoms with Crippen molar-refractivity contribution in [3.8, 4) is 5.75 Å². The van der Waals surface area contributed by atoms with Crippen LogP contribution in [0.5, 0.6) is 5.75 Å². The Morgan fingerprint density at radius 3 is 2.68 bits per heavy atom. The molecule has 0 unspecified atom stereocenters. The van der Waals surface area contributed by atoms with E-state index in [-0.39, 0.29) is 17.6 Å². The minimum absolute atomic E-state index is 0.289. The molecule has 5 heteroatoms. The second-order valence-corrected chi connectivity index (χ2v) is 6.11. The molecule has 0 aromatic heterocycles. The lowest BCUT2D eigenvalue weighted by atomic mass is 9.99. The number of carbonyl (C=O) groups excluding carboxylic acids is 1. The fraction of sp³-hybridized carbons (Fsp3) is 0.200. The molecule has 4 nitrogen and oxygen atoms in total. The van der Waals surface area contributed by atoms with Gasteiger partial charge in [-0.25, -0.2) is 9.38 Å². The molecule has 2 aromatic rings. The molecular weight excluding hydrogens is 319 g/mol. The maximum atomic E-state index is 13.4. The molecule has 0 radical (unpaired) electrons. The molecule has 25 heavy (non-hydrogen) atoms. The largest absolute Gasteiger partial charge is 0.496 e. The highest BCUT2D eigenvalue weighted by molar-refractivity contribution is 6.19. The summed E-state index contributed by atoms with van der Waals surface area (Å²) in [4.78, 5) is 16.5. The summed E-state index contributed by atoms with van der Waals surface area (Å²) in [5.74, 6) is 0.784. The maximum Gasteiger partial charge on any atom is 0.275 e. The molecule has 1 aliphatic heterocycles. The van der Waals surface area contributed by atoms with E-state index in [0.29, 0.717) is 17.1 Å². The number of hydrogen-bond acceptors (Lipinski definition) is 3. The van der Waals surface area contributed by atoms with Crippen LogP contribution in [0.15, 0.2) is 53.2 Å². The number of benzene rings is 2. The second-order valence-electron chi connectivity index (χ2n) is 6.11. The number of amides is 1. The van der Waals surface area contributed by atoms with Crippen LogP contribution in [-0.2, 0) is 4.79 Å². The highest BCUT2D eigenvalue weighted by Crippen LogP contribution is 2.28. The average Bonchev–Trinajstić information content (AvgIpc) is 2.95. The van der Waals surface area contributed by atoms with Gasteiger partial charge < -0.3 is 10.1 Å². The van der Waals surface area contributed by atoms with Gasteiger partial charge in [0.25, 0.3) is 5.91 Å². The molecule has 128 valence electrons. The van der Waals surface area contributed by atoms with Gasteiger partial charge in [-0.1, -0.05) is 32.0 Å². The Hall–Kier alpha value is -2.95. The summed E-state index contributed by atoms with van der Waals surface area (Å²) in [7, 11) is 1.64. The molecule has 1 heterocycles. The van der Waals surface area contributed by atoms with E-state index < -0.39 is 0 Å². The van der Waals surface area contributed by atoms with Gasteiger partial charge in [0.15, 0.2) is 0 Å². The molecule has 3 rings (SSSR count). The maximum absolute atomic E-state index is 13.4. The summed E-state index contributed by atoms with van der Waals surface area (Å²) >= 11 is 0. The van der Waals surface area contributed by atoms with Gasteiger partial charge in [-0.3, -0.25) is 4.79 Å². The Morgan fingerprint density at radius 1 is 1.20 bits per heavy atom. The van der Waals surface area contributed by atoms with Crippen LogP contribution in [0.4, 0.5) is 4.39 Å². The predicted octanol–water partition coefficient (Wildman–Crippen LogP) is 3.88. The molecule has 0 saturated carbocycles. The molecule has 0 atom stereocenters. The van der Waals surface area contributed by atoms with Crippen molar-refractivity contribution in [2.45, 2.75) is 19.8 Å². The fourth-order valence-electron chi connectivity index (χ4n) is 2.69. The highest BCUT2D eigenvalue weighted by Gasteiger charge is 2.21. The standard InChI is InChI=1S/C20H19FN2O2/c1-12(2)16-9-13(7-8-18(16)25-3)10-17-20(24)23-19(22-17)14-5-4-6-15(21)11-14/h4-12H,1-3H3,(H,22,23,24)/b17-10+. The number of rotatable bonds is 4. The first-order valence-electron chi connectivity index (χ1n) is 8.03. The van der Waals surface area contributed by atoms with Crippen LogP contribution in [-0.4, -0.2) is 18.9 Å². The van der Waals surface area contributed by atoms with Gasteiger partial charge in [-0.15, -0.1) is 0 Å². The van der Waals surface area contributed by atoms with Crippen molar-refractivity contribution in [2.24, 2.45) is 4.99 Å². The number of nitrogens with one attached hydrogen (secondary N) is 1. The third-order valence-corrected chi connectivity index (χ3v) is 3.97. The van der Waals surface area contributed by atoms with Crippen LogP contribution >= 0.6 is 0 Å². The minimum atomic E-state index is -0.372. The molecule has 0 fully saturated rings. The third-order valence-electron chi connectivity index (χ3n) is 3.97. The van der Waals surface area contributed by atoms with Crippen molar-refractivity contribution in [3.05, 3.63) is 70.7 Å². The number of carbonyl (C=O) groups is 1. The SMILES string of the molecule is COc1ccc(/C=C2/N=C(c3cccc(F)c3)NC2=O)cc1C(C)C. The summed E-state index contributed by atoms with van der Waals surface area (Å²) in [5, 5.41) is 2.68. The van der Waals surface area contributed by atoms with Crippen molar-refractivity contribution in [3.63, 3.8) is 0 Å². The molecule has 2 aromatic carbocycles. The number of amidine groups is 1. The Morgan fingerprint density at radius 2 is 2.00 bits per heavy atom. The van der Waals surface area contributed by atoms with E-state index in [1.165, 1.54) is 12.1 Å². The zero-order valence-corrected chi connectivity index (χ0v) is 14.3. The first kappa shape index (κ1) is 16.9. The zero-order chi connectivity index (χ0) is 18.0. The average molecular weight is 338 g/mol. The van der Waals surface area contributed by atoms with Gasteiger partial charge in [0.1, 0.15) is 23.1 Å². The lowest BCUT2D eigenvalue weighted by Crippen LogP contribution is -2.24. The number of ether oxygens (including phenoxy) is 1. The number of halogens is 1. The Labute approximate surface area is 146 Å². The molecule has 1 amide bonds. The van der Waals surface area contributed by atoms with Gasteiger partial charge in [0, 0.05) is 5.56 Å².